The highest BCUT2D eigenvalue weighted by atomic mass is 35.5. The molecule has 0 bridgehead atoms. The first-order chi connectivity index (χ1) is 11.3. The van der Waals surface area contributed by atoms with E-state index in [1.54, 1.807) is 24.3 Å². The number of amides is 5. The summed E-state index contributed by atoms with van der Waals surface area (Å²) in [4.78, 5) is 49.3. The van der Waals surface area contributed by atoms with Crippen LogP contribution in [-0.4, -0.2) is 46.6 Å². The summed E-state index contributed by atoms with van der Waals surface area (Å²) in [7, 11) is 0. The molecular formula is C16H18ClN3O4. The van der Waals surface area contributed by atoms with Crippen molar-refractivity contribution in [1.82, 2.24) is 15.1 Å². The molecule has 0 spiro atoms. The summed E-state index contributed by atoms with van der Waals surface area (Å²) < 4.78 is 0. The van der Waals surface area contributed by atoms with Gasteiger partial charge in [0.25, 0.3) is 0 Å². The van der Waals surface area contributed by atoms with Crippen molar-refractivity contribution in [2.45, 2.75) is 20.4 Å². The molecule has 0 saturated carbocycles. The Balaban J connectivity index is 1.94. The van der Waals surface area contributed by atoms with Crippen LogP contribution in [-0.2, 0) is 20.9 Å². The Morgan fingerprint density at radius 1 is 1.17 bits per heavy atom. The smallest absolute Gasteiger partial charge is 0.334 e. The average molecular weight is 352 g/mol. The Labute approximate surface area is 144 Å². The van der Waals surface area contributed by atoms with Gasteiger partial charge in [-0.2, -0.15) is 0 Å². The Hall–Kier alpha value is -2.41. The van der Waals surface area contributed by atoms with Crippen LogP contribution in [0.5, 0.6) is 0 Å². The Bertz CT molecular complexity index is 690. The van der Waals surface area contributed by atoms with E-state index < -0.39 is 30.3 Å². The van der Waals surface area contributed by atoms with Gasteiger partial charge in [-0.15, -0.1) is 0 Å². The van der Waals surface area contributed by atoms with Gasteiger partial charge in [0, 0.05) is 18.1 Å². The molecule has 1 saturated heterocycles. The summed E-state index contributed by atoms with van der Waals surface area (Å²) in [5, 5.41) is 3.13. The molecule has 7 nitrogen and oxygen atoms in total. The number of hydrogen-bond donors (Lipinski definition) is 1. The lowest BCUT2D eigenvalue weighted by Crippen LogP contribution is -2.41. The molecule has 24 heavy (non-hydrogen) atoms. The van der Waals surface area contributed by atoms with Crippen molar-refractivity contribution in [2.24, 2.45) is 5.92 Å². The van der Waals surface area contributed by atoms with Gasteiger partial charge in [0.15, 0.2) is 0 Å². The van der Waals surface area contributed by atoms with Crippen LogP contribution in [0.2, 0.25) is 5.02 Å². The number of imide groups is 2. The second-order valence-electron chi connectivity index (χ2n) is 5.89. The van der Waals surface area contributed by atoms with E-state index >= 15 is 0 Å². The van der Waals surface area contributed by atoms with Gasteiger partial charge >= 0.3 is 17.8 Å². The quantitative estimate of drug-likeness (QED) is 0.620. The van der Waals surface area contributed by atoms with Crippen LogP contribution in [0, 0.1) is 5.92 Å². The molecular weight excluding hydrogens is 334 g/mol. The van der Waals surface area contributed by atoms with E-state index in [9.17, 15) is 19.2 Å². The molecule has 0 aliphatic carbocycles. The molecule has 0 aromatic heterocycles. The molecule has 2 rings (SSSR count). The molecule has 1 aromatic rings. The lowest BCUT2D eigenvalue weighted by Gasteiger charge is -2.16. The zero-order valence-electron chi connectivity index (χ0n) is 13.4. The Kier molecular flexibility index (Phi) is 5.56. The van der Waals surface area contributed by atoms with Crippen molar-refractivity contribution in [1.29, 1.82) is 0 Å². The van der Waals surface area contributed by atoms with Crippen LogP contribution in [0.15, 0.2) is 24.3 Å². The molecule has 0 atom stereocenters. The third kappa shape index (κ3) is 4.11. The molecule has 1 aliphatic rings. The topological polar surface area (TPSA) is 86.8 Å². The number of nitrogens with zero attached hydrogens (tertiary/aromatic N) is 2. The van der Waals surface area contributed by atoms with Gasteiger partial charge in [0.1, 0.15) is 6.54 Å². The van der Waals surface area contributed by atoms with Crippen molar-refractivity contribution in [3.05, 3.63) is 34.9 Å². The maximum atomic E-state index is 12.1. The molecule has 128 valence electrons. The fourth-order valence-corrected chi connectivity index (χ4v) is 2.48. The second-order valence-corrected chi connectivity index (χ2v) is 6.33. The van der Waals surface area contributed by atoms with E-state index in [0.717, 1.165) is 10.5 Å². The molecule has 0 radical (unpaired) electrons. The summed E-state index contributed by atoms with van der Waals surface area (Å²) in [5.41, 5.74) is 0.785. The van der Waals surface area contributed by atoms with Crippen molar-refractivity contribution in [3.8, 4) is 0 Å². The molecule has 1 heterocycles. The van der Waals surface area contributed by atoms with Gasteiger partial charge < -0.3 is 5.32 Å². The zero-order chi connectivity index (χ0) is 17.9. The summed E-state index contributed by atoms with van der Waals surface area (Å²) in [6.45, 7) is 3.51. The number of hydrogen-bond acceptors (Lipinski definition) is 4. The van der Waals surface area contributed by atoms with E-state index in [1.165, 1.54) is 0 Å². The molecule has 8 heteroatoms. The molecule has 1 aromatic carbocycles. The lowest BCUT2D eigenvalue weighted by atomic mass is 10.2. The maximum Gasteiger partial charge on any atom is 0.334 e. The SMILES string of the molecule is CC(C)CN1C(=O)C(=O)N(CC(=O)NCc2cccc(Cl)c2)C1=O. The highest BCUT2D eigenvalue weighted by Crippen LogP contribution is 2.14. The minimum atomic E-state index is -0.974. The van der Waals surface area contributed by atoms with E-state index in [2.05, 4.69) is 5.32 Å². The standard InChI is InChI=1S/C16H18ClN3O4/c1-10(2)8-19-14(22)15(23)20(16(19)24)9-13(21)18-7-11-4-3-5-12(17)6-11/h3-6,10H,7-9H2,1-2H3,(H,18,21). The van der Waals surface area contributed by atoms with Gasteiger partial charge in [0.05, 0.1) is 0 Å². The van der Waals surface area contributed by atoms with Crippen molar-refractivity contribution < 1.29 is 19.2 Å². The molecule has 1 fully saturated rings. The predicted molar refractivity (Wildman–Crippen MR) is 87.0 cm³/mol. The number of urea groups is 1. The average Bonchev–Trinajstić information content (AvgIpc) is 2.70. The van der Waals surface area contributed by atoms with Crippen LogP contribution in [0.25, 0.3) is 0 Å². The third-order valence-corrected chi connectivity index (χ3v) is 3.60. The van der Waals surface area contributed by atoms with Crippen LogP contribution in [0.3, 0.4) is 0 Å². The van der Waals surface area contributed by atoms with E-state index in [0.29, 0.717) is 9.92 Å². The van der Waals surface area contributed by atoms with Gasteiger partial charge in [-0.05, 0) is 23.6 Å². The van der Waals surface area contributed by atoms with Crippen molar-refractivity contribution in [3.63, 3.8) is 0 Å². The van der Waals surface area contributed by atoms with Crippen LogP contribution in [0.1, 0.15) is 19.4 Å². The maximum absolute atomic E-state index is 12.1. The number of benzene rings is 1. The molecule has 1 N–H and O–H groups in total. The van der Waals surface area contributed by atoms with Crippen LogP contribution in [0.4, 0.5) is 4.79 Å². The number of carbonyl (C=O) groups excluding carboxylic acids is 4. The normalized spacial score (nSPS) is 14.8. The highest BCUT2D eigenvalue weighted by Gasteiger charge is 2.45. The summed E-state index contributed by atoms with van der Waals surface area (Å²) in [5.74, 6) is -2.37. The van der Waals surface area contributed by atoms with Crippen molar-refractivity contribution >= 4 is 35.4 Å². The minimum absolute atomic E-state index is 0.0299. The first-order valence-electron chi connectivity index (χ1n) is 7.48. The van der Waals surface area contributed by atoms with E-state index in [1.807, 2.05) is 13.8 Å². The van der Waals surface area contributed by atoms with Gasteiger partial charge in [-0.3, -0.25) is 19.3 Å². The predicted octanol–water partition coefficient (Wildman–Crippen LogP) is 1.40. The van der Waals surface area contributed by atoms with Crippen molar-refractivity contribution in [2.75, 3.05) is 13.1 Å². The summed E-state index contributed by atoms with van der Waals surface area (Å²) >= 11 is 5.86. The fourth-order valence-electron chi connectivity index (χ4n) is 2.26. The van der Waals surface area contributed by atoms with E-state index in [-0.39, 0.29) is 19.0 Å². The fraction of sp³-hybridized carbons (Fsp3) is 0.375. The molecule has 5 amide bonds. The molecule has 1 aliphatic heterocycles. The second kappa shape index (κ2) is 7.44. The first kappa shape index (κ1) is 17.9. The lowest BCUT2D eigenvalue weighted by molar-refractivity contribution is -0.144. The summed E-state index contributed by atoms with van der Waals surface area (Å²) in [6.07, 6.45) is 0. The first-order valence-corrected chi connectivity index (χ1v) is 7.86. The molecule has 0 unspecified atom stereocenters. The number of carbonyl (C=O) groups is 4. The monoisotopic (exact) mass is 351 g/mol. The number of rotatable bonds is 6. The summed E-state index contributed by atoms with van der Waals surface area (Å²) in [6, 6.07) is 6.19. The van der Waals surface area contributed by atoms with Gasteiger partial charge in [0.2, 0.25) is 5.91 Å². The zero-order valence-corrected chi connectivity index (χ0v) is 14.2. The number of nitrogens with one attached hydrogen (secondary N) is 1. The van der Waals surface area contributed by atoms with E-state index in [4.69, 9.17) is 11.6 Å². The minimum Gasteiger partial charge on any atom is -0.350 e. The third-order valence-electron chi connectivity index (χ3n) is 3.36. The largest absolute Gasteiger partial charge is 0.350 e. The van der Waals surface area contributed by atoms with Gasteiger partial charge in [-0.1, -0.05) is 37.6 Å². The van der Waals surface area contributed by atoms with Gasteiger partial charge in [-0.25, -0.2) is 9.69 Å². The highest BCUT2D eigenvalue weighted by molar-refractivity contribution is 6.45. The van der Waals surface area contributed by atoms with Crippen LogP contribution < -0.4 is 5.32 Å². The Morgan fingerprint density at radius 2 is 1.83 bits per heavy atom. The number of halogens is 1. The Morgan fingerprint density at radius 3 is 2.46 bits per heavy atom. The van der Waals surface area contributed by atoms with Crippen LogP contribution >= 0.6 is 11.6 Å².